The van der Waals surface area contributed by atoms with E-state index < -0.39 is 0 Å². The molecule has 1 aromatic heterocycles. The predicted octanol–water partition coefficient (Wildman–Crippen LogP) is 5.58. The van der Waals surface area contributed by atoms with Gasteiger partial charge in [0.25, 0.3) is 0 Å². The Morgan fingerprint density at radius 1 is 0.900 bits per heavy atom. The zero-order chi connectivity index (χ0) is 14.1. The molecular weight excluding hydrogens is 380 g/mol. The second-order valence-corrected chi connectivity index (χ2v) is 6.41. The zero-order valence-corrected chi connectivity index (χ0v) is 14.0. The summed E-state index contributed by atoms with van der Waals surface area (Å²) in [7, 11) is 0. The lowest BCUT2D eigenvalue weighted by molar-refractivity contribution is 1.25. The molecule has 3 rings (SSSR count). The summed E-state index contributed by atoms with van der Waals surface area (Å²) in [5.41, 5.74) is 4.25. The Balaban J connectivity index is 2.05. The average Bonchev–Trinajstić information content (AvgIpc) is 2.82. The number of H-pyrrole nitrogens is 1. The molecule has 1 N–H and O–H groups in total. The van der Waals surface area contributed by atoms with Crippen molar-refractivity contribution in [3.63, 3.8) is 0 Å². The molecule has 0 atom stereocenters. The van der Waals surface area contributed by atoms with Gasteiger partial charge in [0.1, 0.15) is 5.82 Å². The molecule has 0 fully saturated rings. The third-order valence-electron chi connectivity index (χ3n) is 3.10. The van der Waals surface area contributed by atoms with Gasteiger partial charge in [-0.05, 0) is 31.2 Å². The Morgan fingerprint density at radius 3 is 2.35 bits per heavy atom. The smallest absolute Gasteiger partial charge is 0.138 e. The highest BCUT2D eigenvalue weighted by Gasteiger charge is 2.10. The van der Waals surface area contributed by atoms with Crippen LogP contribution in [-0.2, 0) is 0 Å². The molecular formula is C16H12Br2N2. The molecule has 0 amide bonds. The van der Waals surface area contributed by atoms with Gasteiger partial charge >= 0.3 is 0 Å². The van der Waals surface area contributed by atoms with Gasteiger partial charge in [-0.2, -0.15) is 0 Å². The number of rotatable bonds is 2. The van der Waals surface area contributed by atoms with Crippen LogP contribution in [0.1, 0.15) is 5.69 Å². The van der Waals surface area contributed by atoms with Gasteiger partial charge in [-0.1, -0.05) is 56.1 Å². The van der Waals surface area contributed by atoms with Gasteiger partial charge in [0.15, 0.2) is 0 Å². The number of aryl methyl sites for hydroxylation is 1. The van der Waals surface area contributed by atoms with Gasteiger partial charge in [-0.15, -0.1) is 0 Å². The van der Waals surface area contributed by atoms with E-state index in [9.17, 15) is 0 Å². The summed E-state index contributed by atoms with van der Waals surface area (Å²) in [6.07, 6.45) is 0. The van der Waals surface area contributed by atoms with Crippen molar-refractivity contribution >= 4 is 31.9 Å². The van der Waals surface area contributed by atoms with Crippen molar-refractivity contribution in [2.24, 2.45) is 0 Å². The van der Waals surface area contributed by atoms with Gasteiger partial charge in [-0.3, -0.25) is 0 Å². The molecule has 2 nitrogen and oxygen atoms in total. The number of nitrogens with zero attached hydrogens (tertiary/aromatic N) is 1. The molecule has 0 aliphatic heterocycles. The van der Waals surface area contributed by atoms with Crippen LogP contribution in [0.5, 0.6) is 0 Å². The number of benzene rings is 2. The summed E-state index contributed by atoms with van der Waals surface area (Å²) in [6.45, 7) is 2.05. The average molecular weight is 392 g/mol. The molecule has 0 aliphatic rings. The van der Waals surface area contributed by atoms with Gasteiger partial charge in [0.2, 0.25) is 0 Å². The van der Waals surface area contributed by atoms with Crippen molar-refractivity contribution in [3.05, 3.63) is 63.2 Å². The molecule has 0 saturated heterocycles. The Kier molecular flexibility index (Phi) is 3.76. The number of halogens is 2. The van der Waals surface area contributed by atoms with Crippen LogP contribution in [0, 0.1) is 6.92 Å². The summed E-state index contributed by atoms with van der Waals surface area (Å²) < 4.78 is 2.12. The third-order valence-corrected chi connectivity index (χ3v) is 4.12. The van der Waals surface area contributed by atoms with Gasteiger partial charge < -0.3 is 4.98 Å². The quantitative estimate of drug-likeness (QED) is 0.607. The first-order chi connectivity index (χ1) is 9.63. The van der Waals surface area contributed by atoms with E-state index in [1.807, 2.05) is 43.3 Å². The van der Waals surface area contributed by atoms with Crippen LogP contribution in [0.4, 0.5) is 0 Å². The molecule has 0 aliphatic carbocycles. The maximum absolute atomic E-state index is 4.73. The van der Waals surface area contributed by atoms with E-state index in [2.05, 4.69) is 49.0 Å². The lowest BCUT2D eigenvalue weighted by Gasteiger charge is -1.99. The predicted molar refractivity (Wildman–Crippen MR) is 89.6 cm³/mol. The first-order valence-electron chi connectivity index (χ1n) is 6.22. The number of nitrogens with one attached hydrogen (secondary N) is 1. The summed E-state index contributed by atoms with van der Waals surface area (Å²) >= 11 is 6.95. The van der Waals surface area contributed by atoms with Crippen molar-refractivity contribution in [2.45, 2.75) is 6.92 Å². The highest BCUT2D eigenvalue weighted by atomic mass is 79.9. The van der Waals surface area contributed by atoms with Gasteiger partial charge in [-0.25, -0.2) is 4.98 Å². The zero-order valence-electron chi connectivity index (χ0n) is 10.8. The first kappa shape index (κ1) is 13.6. The van der Waals surface area contributed by atoms with Crippen molar-refractivity contribution in [1.82, 2.24) is 9.97 Å². The van der Waals surface area contributed by atoms with E-state index in [0.29, 0.717) is 0 Å². The topological polar surface area (TPSA) is 28.7 Å². The maximum Gasteiger partial charge on any atom is 0.138 e. The molecule has 1 heterocycles. The van der Waals surface area contributed by atoms with Crippen LogP contribution < -0.4 is 0 Å². The second-order valence-electron chi connectivity index (χ2n) is 4.58. The molecule has 20 heavy (non-hydrogen) atoms. The highest BCUT2D eigenvalue weighted by Crippen LogP contribution is 2.28. The van der Waals surface area contributed by atoms with Gasteiger partial charge in [0.05, 0.1) is 5.69 Å². The molecule has 0 saturated carbocycles. The Bertz CT molecular complexity index is 745. The van der Waals surface area contributed by atoms with Crippen LogP contribution in [0.25, 0.3) is 22.6 Å². The minimum atomic E-state index is 0.893. The standard InChI is InChI=1S/C16H12Br2N2/c1-10-15(12-3-2-4-14(18)9-12)20-16(19-10)11-5-7-13(17)8-6-11/h2-9H,1H3,(H,19,20). The van der Waals surface area contributed by atoms with Crippen LogP contribution in [-0.4, -0.2) is 9.97 Å². The number of aromatic nitrogens is 2. The number of aromatic amines is 1. The van der Waals surface area contributed by atoms with E-state index in [0.717, 1.165) is 37.3 Å². The monoisotopic (exact) mass is 390 g/mol. The molecule has 2 aromatic carbocycles. The van der Waals surface area contributed by atoms with E-state index in [4.69, 9.17) is 4.98 Å². The van der Waals surface area contributed by atoms with E-state index in [1.165, 1.54) is 0 Å². The minimum absolute atomic E-state index is 0.893. The van der Waals surface area contributed by atoms with Crippen molar-refractivity contribution in [3.8, 4) is 22.6 Å². The number of imidazole rings is 1. The largest absolute Gasteiger partial charge is 0.342 e. The third kappa shape index (κ3) is 2.72. The highest BCUT2D eigenvalue weighted by molar-refractivity contribution is 9.10. The number of hydrogen-bond donors (Lipinski definition) is 1. The van der Waals surface area contributed by atoms with Crippen LogP contribution in [0.15, 0.2) is 57.5 Å². The fourth-order valence-corrected chi connectivity index (χ4v) is 2.79. The summed E-state index contributed by atoms with van der Waals surface area (Å²) in [5.74, 6) is 0.893. The lowest BCUT2D eigenvalue weighted by atomic mass is 10.1. The maximum atomic E-state index is 4.73. The van der Waals surface area contributed by atoms with Crippen molar-refractivity contribution in [1.29, 1.82) is 0 Å². The molecule has 0 bridgehead atoms. The fourth-order valence-electron chi connectivity index (χ4n) is 2.12. The lowest BCUT2D eigenvalue weighted by Crippen LogP contribution is -1.81. The normalized spacial score (nSPS) is 10.8. The fraction of sp³-hybridized carbons (Fsp3) is 0.0625. The first-order valence-corrected chi connectivity index (χ1v) is 7.80. The minimum Gasteiger partial charge on any atom is -0.342 e. The van der Waals surface area contributed by atoms with Crippen LogP contribution in [0.2, 0.25) is 0 Å². The van der Waals surface area contributed by atoms with Crippen molar-refractivity contribution < 1.29 is 0 Å². The summed E-state index contributed by atoms with van der Waals surface area (Å²) in [5, 5.41) is 0. The summed E-state index contributed by atoms with van der Waals surface area (Å²) in [4.78, 5) is 8.09. The van der Waals surface area contributed by atoms with Crippen LogP contribution in [0.3, 0.4) is 0 Å². The van der Waals surface area contributed by atoms with Gasteiger partial charge in [0, 0.05) is 25.8 Å². The molecule has 4 heteroatoms. The molecule has 100 valence electrons. The van der Waals surface area contributed by atoms with Crippen LogP contribution >= 0.6 is 31.9 Å². The Morgan fingerprint density at radius 2 is 1.65 bits per heavy atom. The molecule has 0 radical (unpaired) electrons. The Labute approximate surface area is 134 Å². The Hall–Kier alpha value is -1.39. The molecule has 0 spiro atoms. The van der Waals surface area contributed by atoms with E-state index in [1.54, 1.807) is 0 Å². The van der Waals surface area contributed by atoms with Crippen molar-refractivity contribution in [2.75, 3.05) is 0 Å². The SMILES string of the molecule is Cc1[nH]c(-c2ccc(Br)cc2)nc1-c1cccc(Br)c1. The van der Waals surface area contributed by atoms with E-state index >= 15 is 0 Å². The summed E-state index contributed by atoms with van der Waals surface area (Å²) in [6, 6.07) is 16.3. The van der Waals surface area contributed by atoms with E-state index in [-0.39, 0.29) is 0 Å². The number of hydrogen-bond acceptors (Lipinski definition) is 1. The molecule has 3 aromatic rings. The molecule has 0 unspecified atom stereocenters. The second kappa shape index (κ2) is 5.54.